The van der Waals surface area contributed by atoms with Gasteiger partial charge in [0.05, 0.1) is 16.9 Å². The number of nitrogens with zero attached hydrogens (tertiary/aromatic N) is 2. The lowest BCUT2D eigenvalue weighted by Crippen LogP contribution is -2.15. The van der Waals surface area contributed by atoms with E-state index in [1.165, 1.54) is 11.1 Å². The van der Waals surface area contributed by atoms with E-state index in [2.05, 4.69) is 53.8 Å². The number of nitrogens with two attached hydrogens (primary N) is 2. The van der Waals surface area contributed by atoms with Gasteiger partial charge in [-0.3, -0.25) is 0 Å². The van der Waals surface area contributed by atoms with Crippen LogP contribution in [0, 0.1) is 0 Å². The number of nitrogens with one attached hydrogen (secondary N) is 1. The standard InChI is InChI=1S/C28H25N5/c29-24-16-15-21(17-25(24)30)27-32-26-14-8-7-13-22(26)28(33-27)31-18-23(19-9-3-1-4-10-19)20-11-5-2-6-12-20/h1-17,23H,18,29-30H2,(H,31,32,33). The molecule has 4 aromatic carbocycles. The second-order valence-electron chi connectivity index (χ2n) is 8.01. The van der Waals surface area contributed by atoms with Gasteiger partial charge in [0.2, 0.25) is 0 Å². The highest BCUT2D eigenvalue weighted by Crippen LogP contribution is 2.30. The second-order valence-corrected chi connectivity index (χ2v) is 8.01. The summed E-state index contributed by atoms with van der Waals surface area (Å²) in [7, 11) is 0. The molecule has 0 aliphatic rings. The molecule has 5 nitrogen and oxygen atoms in total. The van der Waals surface area contributed by atoms with Crippen LogP contribution in [0.25, 0.3) is 22.3 Å². The summed E-state index contributed by atoms with van der Waals surface area (Å²) in [6.45, 7) is 0.693. The maximum Gasteiger partial charge on any atom is 0.162 e. The molecule has 0 atom stereocenters. The van der Waals surface area contributed by atoms with Crippen LogP contribution >= 0.6 is 0 Å². The van der Waals surface area contributed by atoms with E-state index in [-0.39, 0.29) is 5.92 Å². The number of fused-ring (bicyclic) bond motifs is 1. The average Bonchev–Trinajstić information content (AvgIpc) is 2.87. The fraction of sp³-hybridized carbons (Fsp3) is 0.0714. The van der Waals surface area contributed by atoms with E-state index in [4.69, 9.17) is 21.4 Å². The fourth-order valence-corrected chi connectivity index (χ4v) is 4.05. The monoisotopic (exact) mass is 431 g/mol. The van der Waals surface area contributed by atoms with E-state index in [1.807, 2.05) is 48.5 Å². The molecular weight excluding hydrogens is 406 g/mol. The quantitative estimate of drug-likeness (QED) is 0.300. The summed E-state index contributed by atoms with van der Waals surface area (Å²) in [4.78, 5) is 9.66. The molecule has 0 amide bonds. The maximum absolute atomic E-state index is 6.04. The Morgan fingerprint density at radius 2 is 1.30 bits per heavy atom. The van der Waals surface area contributed by atoms with E-state index < -0.39 is 0 Å². The van der Waals surface area contributed by atoms with Crippen LogP contribution in [0.5, 0.6) is 0 Å². The number of hydrogen-bond acceptors (Lipinski definition) is 5. The van der Waals surface area contributed by atoms with Gasteiger partial charge in [0.25, 0.3) is 0 Å². The molecule has 0 aliphatic heterocycles. The topological polar surface area (TPSA) is 89.8 Å². The summed E-state index contributed by atoms with van der Waals surface area (Å²) in [6.07, 6.45) is 0. The van der Waals surface area contributed by atoms with Gasteiger partial charge < -0.3 is 16.8 Å². The minimum atomic E-state index is 0.178. The van der Waals surface area contributed by atoms with Gasteiger partial charge in [0, 0.05) is 23.4 Å². The van der Waals surface area contributed by atoms with Crippen LogP contribution in [0.15, 0.2) is 103 Å². The zero-order valence-electron chi connectivity index (χ0n) is 18.1. The Labute approximate surface area is 193 Å². The van der Waals surface area contributed by atoms with E-state index in [9.17, 15) is 0 Å². The normalized spacial score (nSPS) is 11.1. The molecule has 1 aromatic heterocycles. The first-order valence-corrected chi connectivity index (χ1v) is 10.9. The number of nitrogen functional groups attached to an aromatic ring is 2. The van der Waals surface area contributed by atoms with Crippen molar-refractivity contribution in [1.82, 2.24) is 9.97 Å². The maximum atomic E-state index is 6.04. The first-order valence-electron chi connectivity index (χ1n) is 10.9. The Morgan fingerprint density at radius 3 is 1.97 bits per heavy atom. The lowest BCUT2D eigenvalue weighted by atomic mass is 9.91. The predicted octanol–water partition coefficient (Wildman–Crippen LogP) is 5.71. The molecule has 0 saturated carbocycles. The van der Waals surface area contributed by atoms with Crippen molar-refractivity contribution in [2.45, 2.75) is 5.92 Å². The molecule has 5 heteroatoms. The molecule has 0 spiro atoms. The van der Waals surface area contributed by atoms with Crippen molar-refractivity contribution in [2.24, 2.45) is 0 Å². The Hall–Kier alpha value is -4.38. The van der Waals surface area contributed by atoms with Gasteiger partial charge in [0.1, 0.15) is 5.82 Å². The molecule has 0 aliphatic carbocycles. The molecule has 33 heavy (non-hydrogen) atoms. The third kappa shape index (κ3) is 4.34. The highest BCUT2D eigenvalue weighted by atomic mass is 15.0. The first kappa shape index (κ1) is 20.5. The summed E-state index contributed by atoms with van der Waals surface area (Å²) in [6, 6.07) is 34.6. The fourth-order valence-electron chi connectivity index (χ4n) is 4.05. The molecule has 1 heterocycles. The summed E-state index contributed by atoms with van der Waals surface area (Å²) >= 11 is 0. The van der Waals surface area contributed by atoms with E-state index in [0.717, 1.165) is 22.3 Å². The molecule has 0 fully saturated rings. The van der Waals surface area contributed by atoms with Crippen molar-refractivity contribution in [1.29, 1.82) is 0 Å². The van der Waals surface area contributed by atoms with Crippen LogP contribution in [0.1, 0.15) is 17.0 Å². The molecule has 0 bridgehead atoms. The molecule has 5 N–H and O–H groups in total. The number of rotatable bonds is 6. The smallest absolute Gasteiger partial charge is 0.162 e. The zero-order valence-corrected chi connectivity index (χ0v) is 18.1. The third-order valence-corrected chi connectivity index (χ3v) is 5.83. The molecule has 162 valence electrons. The number of aromatic nitrogens is 2. The lowest BCUT2D eigenvalue weighted by Gasteiger charge is -2.20. The van der Waals surface area contributed by atoms with Crippen molar-refractivity contribution in [2.75, 3.05) is 23.3 Å². The Morgan fingerprint density at radius 1 is 0.667 bits per heavy atom. The molecule has 0 saturated heterocycles. The van der Waals surface area contributed by atoms with Crippen molar-refractivity contribution in [3.05, 3.63) is 114 Å². The van der Waals surface area contributed by atoms with Gasteiger partial charge in [-0.05, 0) is 41.5 Å². The number of benzene rings is 4. The third-order valence-electron chi connectivity index (χ3n) is 5.83. The molecular formula is C28H25N5. The van der Waals surface area contributed by atoms with Crippen molar-refractivity contribution < 1.29 is 0 Å². The van der Waals surface area contributed by atoms with Crippen molar-refractivity contribution in [3.8, 4) is 11.4 Å². The Kier molecular flexibility index (Phi) is 5.60. The van der Waals surface area contributed by atoms with Crippen LogP contribution < -0.4 is 16.8 Å². The average molecular weight is 432 g/mol. The Bertz CT molecular complexity index is 1340. The first-order chi connectivity index (χ1) is 16.2. The van der Waals surface area contributed by atoms with Crippen LogP contribution in [-0.4, -0.2) is 16.5 Å². The Balaban J connectivity index is 1.54. The van der Waals surface area contributed by atoms with Gasteiger partial charge in [-0.15, -0.1) is 0 Å². The lowest BCUT2D eigenvalue weighted by molar-refractivity contribution is 0.849. The predicted molar refractivity (Wildman–Crippen MR) is 137 cm³/mol. The largest absolute Gasteiger partial charge is 0.397 e. The summed E-state index contributed by atoms with van der Waals surface area (Å²) in [5, 5.41) is 4.59. The molecule has 5 rings (SSSR count). The van der Waals surface area contributed by atoms with Crippen LogP contribution in [0.4, 0.5) is 17.2 Å². The zero-order chi connectivity index (χ0) is 22.6. The molecule has 5 aromatic rings. The minimum Gasteiger partial charge on any atom is -0.397 e. The van der Waals surface area contributed by atoms with E-state index in [0.29, 0.717) is 23.7 Å². The number of hydrogen-bond donors (Lipinski definition) is 3. The molecule has 0 radical (unpaired) electrons. The van der Waals surface area contributed by atoms with Gasteiger partial charge in [-0.1, -0.05) is 72.8 Å². The van der Waals surface area contributed by atoms with E-state index >= 15 is 0 Å². The second kappa shape index (κ2) is 9.01. The van der Waals surface area contributed by atoms with Crippen LogP contribution in [0.3, 0.4) is 0 Å². The van der Waals surface area contributed by atoms with Gasteiger partial charge in [-0.25, -0.2) is 9.97 Å². The number of para-hydroxylation sites is 1. The van der Waals surface area contributed by atoms with Crippen LogP contribution in [0.2, 0.25) is 0 Å². The van der Waals surface area contributed by atoms with Crippen molar-refractivity contribution in [3.63, 3.8) is 0 Å². The summed E-state index contributed by atoms with van der Waals surface area (Å²) in [5.41, 5.74) is 17.2. The molecule has 0 unspecified atom stereocenters. The van der Waals surface area contributed by atoms with Gasteiger partial charge >= 0.3 is 0 Å². The van der Waals surface area contributed by atoms with E-state index in [1.54, 1.807) is 6.07 Å². The highest BCUT2D eigenvalue weighted by molar-refractivity contribution is 5.91. The summed E-state index contributed by atoms with van der Waals surface area (Å²) in [5.74, 6) is 1.58. The van der Waals surface area contributed by atoms with Gasteiger partial charge in [-0.2, -0.15) is 0 Å². The van der Waals surface area contributed by atoms with Gasteiger partial charge in [0.15, 0.2) is 5.82 Å². The summed E-state index contributed by atoms with van der Waals surface area (Å²) < 4.78 is 0. The highest BCUT2D eigenvalue weighted by Gasteiger charge is 2.16. The SMILES string of the molecule is Nc1ccc(-c2nc(NCC(c3ccccc3)c3ccccc3)c3ccccc3n2)cc1N. The number of anilines is 3. The van der Waals surface area contributed by atoms with Crippen LogP contribution in [-0.2, 0) is 0 Å². The van der Waals surface area contributed by atoms with Crippen molar-refractivity contribution >= 4 is 28.1 Å². The minimum absolute atomic E-state index is 0.178.